The van der Waals surface area contributed by atoms with E-state index in [1.807, 2.05) is 30.7 Å². The molecular formula is C17H21N5. The molecular weight excluding hydrogens is 274 g/mol. The summed E-state index contributed by atoms with van der Waals surface area (Å²) in [6, 6.07) is 8.03. The summed E-state index contributed by atoms with van der Waals surface area (Å²) in [5, 5.41) is 0. The largest absolute Gasteiger partial charge is 0.356 e. The van der Waals surface area contributed by atoms with Gasteiger partial charge in [-0.1, -0.05) is 6.07 Å². The molecule has 2 aliphatic heterocycles. The van der Waals surface area contributed by atoms with E-state index in [-0.39, 0.29) is 0 Å². The van der Waals surface area contributed by atoms with Crippen molar-refractivity contribution in [3.8, 4) is 0 Å². The summed E-state index contributed by atoms with van der Waals surface area (Å²) in [6.07, 6.45) is 9.28. The lowest BCUT2D eigenvalue weighted by atomic mass is 9.79. The lowest BCUT2D eigenvalue weighted by Crippen LogP contribution is -2.45. The number of rotatable bonds is 2. The Morgan fingerprint density at radius 3 is 2.45 bits per heavy atom. The molecule has 2 aromatic rings. The molecule has 5 heteroatoms. The van der Waals surface area contributed by atoms with Gasteiger partial charge in [0.15, 0.2) is 0 Å². The second kappa shape index (κ2) is 5.55. The molecule has 2 aliphatic rings. The average molecular weight is 295 g/mol. The number of anilines is 2. The van der Waals surface area contributed by atoms with Crippen molar-refractivity contribution in [2.24, 2.45) is 5.41 Å². The average Bonchev–Trinajstić information content (AvgIpc) is 3.00. The normalized spacial score (nSPS) is 24.9. The summed E-state index contributed by atoms with van der Waals surface area (Å²) >= 11 is 0. The van der Waals surface area contributed by atoms with E-state index in [0.29, 0.717) is 5.41 Å². The Hall–Kier alpha value is -2.17. The smallest absolute Gasteiger partial charge is 0.225 e. The molecule has 0 aromatic carbocycles. The van der Waals surface area contributed by atoms with Crippen LogP contribution in [0.1, 0.15) is 19.3 Å². The molecule has 4 heterocycles. The van der Waals surface area contributed by atoms with Crippen LogP contribution in [0.2, 0.25) is 0 Å². The van der Waals surface area contributed by atoms with Crippen molar-refractivity contribution < 1.29 is 0 Å². The summed E-state index contributed by atoms with van der Waals surface area (Å²) in [4.78, 5) is 18.1. The fourth-order valence-electron chi connectivity index (χ4n) is 3.84. The van der Waals surface area contributed by atoms with Gasteiger partial charge in [-0.2, -0.15) is 0 Å². The Morgan fingerprint density at radius 2 is 1.64 bits per heavy atom. The first kappa shape index (κ1) is 13.5. The van der Waals surface area contributed by atoms with Crippen molar-refractivity contribution in [2.75, 3.05) is 36.0 Å². The van der Waals surface area contributed by atoms with Gasteiger partial charge < -0.3 is 9.80 Å². The van der Waals surface area contributed by atoms with E-state index in [1.54, 1.807) is 0 Å². The van der Waals surface area contributed by atoms with Crippen LogP contribution < -0.4 is 9.80 Å². The van der Waals surface area contributed by atoms with E-state index in [2.05, 4.69) is 36.9 Å². The van der Waals surface area contributed by atoms with Crippen molar-refractivity contribution in [2.45, 2.75) is 19.3 Å². The minimum absolute atomic E-state index is 0.356. The molecule has 0 radical (unpaired) electrons. The third-order valence-corrected chi connectivity index (χ3v) is 4.91. The quantitative estimate of drug-likeness (QED) is 0.851. The van der Waals surface area contributed by atoms with E-state index in [9.17, 15) is 0 Å². The summed E-state index contributed by atoms with van der Waals surface area (Å²) in [6.45, 7) is 4.31. The molecule has 0 bridgehead atoms. The van der Waals surface area contributed by atoms with Crippen LogP contribution in [-0.2, 0) is 0 Å². The highest BCUT2D eigenvalue weighted by Gasteiger charge is 2.42. The van der Waals surface area contributed by atoms with Crippen LogP contribution in [-0.4, -0.2) is 41.1 Å². The van der Waals surface area contributed by atoms with Crippen molar-refractivity contribution in [1.29, 1.82) is 0 Å². The maximum Gasteiger partial charge on any atom is 0.225 e. The number of hydrogen-bond donors (Lipinski definition) is 0. The Morgan fingerprint density at radius 1 is 0.818 bits per heavy atom. The Bertz CT molecular complexity index is 617. The minimum atomic E-state index is 0.356. The maximum atomic E-state index is 4.50. The van der Waals surface area contributed by atoms with Gasteiger partial charge in [-0.3, -0.25) is 0 Å². The minimum Gasteiger partial charge on any atom is -0.356 e. The summed E-state index contributed by atoms with van der Waals surface area (Å²) in [5.74, 6) is 1.98. The zero-order valence-corrected chi connectivity index (χ0v) is 12.7. The van der Waals surface area contributed by atoms with E-state index in [0.717, 1.165) is 37.9 Å². The van der Waals surface area contributed by atoms with Gasteiger partial charge in [0.05, 0.1) is 0 Å². The lowest BCUT2D eigenvalue weighted by Gasteiger charge is -2.40. The van der Waals surface area contributed by atoms with Crippen LogP contribution in [0.25, 0.3) is 0 Å². The summed E-state index contributed by atoms with van der Waals surface area (Å²) < 4.78 is 0. The van der Waals surface area contributed by atoms with E-state index >= 15 is 0 Å². The van der Waals surface area contributed by atoms with Gasteiger partial charge >= 0.3 is 0 Å². The highest BCUT2D eigenvalue weighted by molar-refractivity contribution is 5.41. The lowest BCUT2D eigenvalue weighted by molar-refractivity contribution is 0.262. The van der Waals surface area contributed by atoms with Crippen LogP contribution in [0, 0.1) is 5.41 Å². The molecule has 1 atom stereocenters. The van der Waals surface area contributed by atoms with Crippen molar-refractivity contribution in [1.82, 2.24) is 15.0 Å². The van der Waals surface area contributed by atoms with Crippen molar-refractivity contribution >= 4 is 11.8 Å². The van der Waals surface area contributed by atoms with Gasteiger partial charge in [0.1, 0.15) is 5.82 Å². The van der Waals surface area contributed by atoms with E-state index < -0.39 is 0 Å². The molecule has 0 unspecified atom stereocenters. The first-order valence-corrected chi connectivity index (χ1v) is 8.03. The third kappa shape index (κ3) is 2.51. The fraction of sp³-hybridized carbons (Fsp3) is 0.471. The second-order valence-corrected chi connectivity index (χ2v) is 6.43. The van der Waals surface area contributed by atoms with E-state index in [4.69, 9.17) is 0 Å². The monoisotopic (exact) mass is 295 g/mol. The molecule has 2 saturated heterocycles. The Balaban J connectivity index is 1.50. The first-order chi connectivity index (χ1) is 10.8. The molecule has 0 N–H and O–H groups in total. The molecule has 0 aliphatic carbocycles. The molecule has 1 spiro atoms. The van der Waals surface area contributed by atoms with Gasteiger partial charge in [-0.05, 0) is 37.5 Å². The van der Waals surface area contributed by atoms with Crippen LogP contribution in [0.3, 0.4) is 0 Å². The number of pyridine rings is 1. The molecule has 0 amide bonds. The predicted molar refractivity (Wildman–Crippen MR) is 87.0 cm³/mol. The van der Waals surface area contributed by atoms with E-state index in [1.165, 1.54) is 19.3 Å². The van der Waals surface area contributed by atoms with Gasteiger partial charge in [0.25, 0.3) is 0 Å². The molecule has 2 fully saturated rings. The van der Waals surface area contributed by atoms with Crippen LogP contribution in [0.15, 0.2) is 42.9 Å². The summed E-state index contributed by atoms with van der Waals surface area (Å²) in [5.41, 5.74) is 0.356. The van der Waals surface area contributed by atoms with Crippen molar-refractivity contribution in [3.63, 3.8) is 0 Å². The maximum absolute atomic E-state index is 4.50. The molecule has 4 rings (SSSR count). The molecule has 0 saturated carbocycles. The number of nitrogens with zero attached hydrogens (tertiary/aromatic N) is 5. The standard InChI is InChI=1S/C17H21N5/c1-2-8-18-15(5-1)21-12-7-17(13-21)6-3-11-22(14-17)16-19-9-4-10-20-16/h1-2,4-5,8-10H,3,6-7,11-14H2/t17-/m0/s1. The predicted octanol–water partition coefficient (Wildman–Crippen LogP) is 2.37. The van der Waals surface area contributed by atoms with Gasteiger partial charge in [0.2, 0.25) is 5.95 Å². The topological polar surface area (TPSA) is 45.2 Å². The number of piperidine rings is 1. The van der Waals surface area contributed by atoms with Crippen LogP contribution >= 0.6 is 0 Å². The third-order valence-electron chi connectivity index (χ3n) is 4.91. The molecule has 22 heavy (non-hydrogen) atoms. The fourth-order valence-corrected chi connectivity index (χ4v) is 3.84. The first-order valence-electron chi connectivity index (χ1n) is 8.03. The Kier molecular flexibility index (Phi) is 3.41. The number of hydrogen-bond acceptors (Lipinski definition) is 5. The zero-order chi connectivity index (χ0) is 14.8. The van der Waals surface area contributed by atoms with Gasteiger partial charge in [-0.15, -0.1) is 0 Å². The van der Waals surface area contributed by atoms with Crippen LogP contribution in [0.4, 0.5) is 11.8 Å². The van der Waals surface area contributed by atoms with Gasteiger partial charge in [-0.25, -0.2) is 15.0 Å². The Labute approximate surface area is 131 Å². The summed E-state index contributed by atoms with van der Waals surface area (Å²) in [7, 11) is 0. The highest BCUT2D eigenvalue weighted by Crippen LogP contribution is 2.40. The highest BCUT2D eigenvalue weighted by atomic mass is 15.3. The molecule has 114 valence electrons. The number of aromatic nitrogens is 3. The van der Waals surface area contributed by atoms with Crippen molar-refractivity contribution in [3.05, 3.63) is 42.9 Å². The zero-order valence-electron chi connectivity index (χ0n) is 12.7. The SMILES string of the molecule is c1ccc(N2CC[C@@]3(CCCN(c4ncccn4)C3)C2)nc1. The second-order valence-electron chi connectivity index (χ2n) is 6.43. The van der Waals surface area contributed by atoms with Crippen LogP contribution in [0.5, 0.6) is 0 Å². The molecule has 2 aromatic heterocycles. The van der Waals surface area contributed by atoms with Gasteiger partial charge in [0, 0.05) is 50.2 Å². The molecule has 5 nitrogen and oxygen atoms in total.